The van der Waals surface area contributed by atoms with Gasteiger partial charge in [-0.15, -0.1) is 11.8 Å². The molecular weight excluding hydrogens is 516 g/mol. The fourth-order valence-corrected chi connectivity index (χ4v) is 6.15. The van der Waals surface area contributed by atoms with Crippen LogP contribution in [0.3, 0.4) is 0 Å². The van der Waals surface area contributed by atoms with Crippen molar-refractivity contribution in [2.45, 2.75) is 29.4 Å². The van der Waals surface area contributed by atoms with Gasteiger partial charge in [-0.2, -0.15) is 5.10 Å². The minimum atomic E-state index is -0.892. The second kappa shape index (κ2) is 11.4. The number of thioether (sulfide) groups is 2. The molecule has 0 spiro atoms. The summed E-state index contributed by atoms with van der Waals surface area (Å²) in [6.45, 7) is 2.16. The van der Waals surface area contributed by atoms with Crippen LogP contribution in [0.15, 0.2) is 88.8 Å². The molecule has 5 rings (SSSR count). The third kappa shape index (κ3) is 5.04. The molecule has 7 nitrogen and oxygen atoms in total. The highest BCUT2D eigenvalue weighted by molar-refractivity contribution is 8.00. The number of nitrogens with zero attached hydrogens (tertiary/aromatic N) is 3. The van der Waals surface area contributed by atoms with Gasteiger partial charge < -0.3 is 10.1 Å². The van der Waals surface area contributed by atoms with Gasteiger partial charge in [-0.05, 0) is 49.6 Å². The fraction of sp³-hybridized carbons (Fsp3) is 0.207. The van der Waals surface area contributed by atoms with Crippen LogP contribution in [0.2, 0.25) is 0 Å². The number of carbonyl (C=O) groups excluding carboxylic acids is 2. The minimum Gasteiger partial charge on any atom is -0.496 e. The van der Waals surface area contributed by atoms with E-state index in [1.807, 2.05) is 96.7 Å². The molecule has 0 radical (unpaired) electrons. The first-order valence-electron chi connectivity index (χ1n) is 12.1. The summed E-state index contributed by atoms with van der Waals surface area (Å²) in [6, 6.07) is 24.2. The average Bonchev–Trinajstić information content (AvgIpc) is 3.19. The summed E-state index contributed by atoms with van der Waals surface area (Å²) in [5, 5.41) is 8.69. The van der Waals surface area contributed by atoms with Crippen molar-refractivity contribution in [3.05, 3.63) is 95.7 Å². The molecule has 2 amide bonds. The molecule has 3 aromatic carbocycles. The first-order valence-corrected chi connectivity index (χ1v) is 14.4. The Bertz CT molecular complexity index is 1470. The second-order valence-electron chi connectivity index (χ2n) is 8.74. The van der Waals surface area contributed by atoms with Crippen LogP contribution >= 0.6 is 23.5 Å². The van der Waals surface area contributed by atoms with Gasteiger partial charge in [-0.1, -0.05) is 54.2 Å². The van der Waals surface area contributed by atoms with Crippen molar-refractivity contribution in [1.82, 2.24) is 15.1 Å². The number of aromatic nitrogens is 2. The van der Waals surface area contributed by atoms with E-state index in [9.17, 15) is 9.59 Å². The Morgan fingerprint density at radius 1 is 1.08 bits per heavy atom. The Balaban J connectivity index is 1.62. The van der Waals surface area contributed by atoms with E-state index in [0.717, 1.165) is 26.7 Å². The van der Waals surface area contributed by atoms with Gasteiger partial charge in [-0.3, -0.25) is 14.5 Å². The summed E-state index contributed by atoms with van der Waals surface area (Å²) in [5.41, 5.74) is 3.85. The molecule has 9 heteroatoms. The lowest BCUT2D eigenvalue weighted by atomic mass is 10.0. The largest absolute Gasteiger partial charge is 0.496 e. The molecule has 1 atom stereocenters. The molecule has 194 valence electrons. The molecule has 4 aromatic rings. The molecule has 0 unspecified atom stereocenters. The van der Waals surface area contributed by atoms with Gasteiger partial charge in [0.2, 0.25) is 11.8 Å². The molecule has 38 heavy (non-hydrogen) atoms. The van der Waals surface area contributed by atoms with Crippen LogP contribution in [-0.4, -0.2) is 40.7 Å². The summed E-state index contributed by atoms with van der Waals surface area (Å²) in [4.78, 5) is 30.4. The Morgan fingerprint density at radius 3 is 2.58 bits per heavy atom. The highest BCUT2D eigenvalue weighted by Gasteiger charge is 2.40. The molecule has 0 saturated carbocycles. The number of amides is 2. The molecule has 1 N–H and O–H groups in total. The summed E-state index contributed by atoms with van der Waals surface area (Å²) in [6.07, 6.45) is 1.99. The number of carbonyl (C=O) groups is 2. The highest BCUT2D eigenvalue weighted by Crippen LogP contribution is 2.41. The lowest BCUT2D eigenvalue weighted by Gasteiger charge is -2.30. The zero-order valence-electron chi connectivity index (χ0n) is 21.4. The number of para-hydroxylation sites is 2. The summed E-state index contributed by atoms with van der Waals surface area (Å²) >= 11 is 3.00. The second-order valence-corrected chi connectivity index (χ2v) is 10.6. The number of ether oxygens (including phenoxy) is 1. The third-order valence-corrected chi connectivity index (χ3v) is 8.20. The minimum absolute atomic E-state index is 0.138. The Kier molecular flexibility index (Phi) is 7.76. The predicted octanol–water partition coefficient (Wildman–Crippen LogP) is 5.41. The first kappa shape index (κ1) is 25.9. The molecule has 1 aliphatic rings. The van der Waals surface area contributed by atoms with Crippen LogP contribution in [0.5, 0.6) is 5.75 Å². The van der Waals surface area contributed by atoms with Crippen LogP contribution in [0.4, 0.5) is 5.69 Å². The van der Waals surface area contributed by atoms with Crippen molar-refractivity contribution >= 4 is 41.0 Å². The smallest absolute Gasteiger partial charge is 0.248 e. The Hall–Kier alpha value is -3.69. The normalized spacial score (nSPS) is 15.1. The third-order valence-electron chi connectivity index (χ3n) is 6.42. The molecule has 0 bridgehead atoms. The Labute approximate surface area is 230 Å². The number of fused-ring (bicyclic) bond motifs is 1. The number of hydrogen-bond donors (Lipinski definition) is 1. The molecule has 1 aliphatic heterocycles. The zero-order chi connectivity index (χ0) is 26.6. The van der Waals surface area contributed by atoms with Crippen molar-refractivity contribution < 1.29 is 14.3 Å². The topological polar surface area (TPSA) is 76.5 Å². The predicted molar refractivity (Wildman–Crippen MR) is 152 cm³/mol. The van der Waals surface area contributed by atoms with Gasteiger partial charge in [0, 0.05) is 28.3 Å². The number of methoxy groups -OCH3 is 1. The summed E-state index contributed by atoms with van der Waals surface area (Å²) < 4.78 is 7.31. The lowest BCUT2D eigenvalue weighted by Crippen LogP contribution is -2.44. The van der Waals surface area contributed by atoms with Crippen molar-refractivity contribution in [2.24, 2.45) is 0 Å². The molecular formula is C29H28N4O3S2. The van der Waals surface area contributed by atoms with Crippen molar-refractivity contribution in [3.8, 4) is 11.4 Å². The average molecular weight is 545 g/mol. The molecule has 0 aliphatic carbocycles. The maximum absolute atomic E-state index is 14.1. The Morgan fingerprint density at radius 2 is 1.82 bits per heavy atom. The van der Waals surface area contributed by atoms with E-state index in [0.29, 0.717) is 17.1 Å². The van der Waals surface area contributed by atoms with Gasteiger partial charge in [-0.25, -0.2) is 4.68 Å². The van der Waals surface area contributed by atoms with E-state index in [2.05, 4.69) is 5.32 Å². The van der Waals surface area contributed by atoms with Gasteiger partial charge in [0.25, 0.3) is 0 Å². The number of hydrogen-bond acceptors (Lipinski definition) is 6. The number of anilines is 1. The number of aryl methyl sites for hydroxylation is 1. The number of benzene rings is 3. The van der Waals surface area contributed by atoms with Crippen LogP contribution in [0, 0.1) is 6.92 Å². The van der Waals surface area contributed by atoms with Crippen LogP contribution < -0.4 is 15.0 Å². The van der Waals surface area contributed by atoms with Gasteiger partial charge >= 0.3 is 0 Å². The maximum Gasteiger partial charge on any atom is 0.248 e. The van der Waals surface area contributed by atoms with E-state index in [1.165, 1.54) is 11.8 Å². The van der Waals surface area contributed by atoms with Gasteiger partial charge in [0.1, 0.15) is 16.8 Å². The summed E-state index contributed by atoms with van der Waals surface area (Å²) in [5.74, 6) is 0.461. The SMILES string of the molecule is COc1ccccc1CNC(=O)[C@H]1c2c(C)nn(-c3ccccc3)c2SCC(=O)N1c1cccc(SC)c1. The van der Waals surface area contributed by atoms with Crippen molar-refractivity contribution in [1.29, 1.82) is 0 Å². The van der Waals surface area contributed by atoms with E-state index >= 15 is 0 Å². The van der Waals surface area contributed by atoms with Crippen molar-refractivity contribution in [3.63, 3.8) is 0 Å². The fourth-order valence-electron chi connectivity index (χ4n) is 4.62. The quantitative estimate of drug-likeness (QED) is 0.314. The molecule has 0 fully saturated rings. The van der Waals surface area contributed by atoms with Crippen LogP contribution in [-0.2, 0) is 16.1 Å². The maximum atomic E-state index is 14.1. The number of nitrogens with one attached hydrogen (secondary N) is 1. The molecule has 0 saturated heterocycles. The van der Waals surface area contributed by atoms with Crippen LogP contribution in [0.25, 0.3) is 5.69 Å². The van der Waals surface area contributed by atoms with E-state index in [-0.39, 0.29) is 24.1 Å². The monoisotopic (exact) mass is 544 g/mol. The van der Waals surface area contributed by atoms with Gasteiger partial charge in [0.15, 0.2) is 0 Å². The summed E-state index contributed by atoms with van der Waals surface area (Å²) in [7, 11) is 1.61. The lowest BCUT2D eigenvalue weighted by molar-refractivity contribution is -0.126. The van der Waals surface area contributed by atoms with E-state index < -0.39 is 6.04 Å². The molecule has 1 aromatic heterocycles. The highest BCUT2D eigenvalue weighted by atomic mass is 32.2. The zero-order valence-corrected chi connectivity index (χ0v) is 23.0. The number of rotatable bonds is 7. The molecule has 2 heterocycles. The first-order chi connectivity index (χ1) is 18.5. The van der Waals surface area contributed by atoms with E-state index in [1.54, 1.807) is 23.8 Å². The van der Waals surface area contributed by atoms with Gasteiger partial charge in [0.05, 0.1) is 24.2 Å². The van der Waals surface area contributed by atoms with Crippen LogP contribution in [0.1, 0.15) is 22.9 Å². The van der Waals surface area contributed by atoms with Crippen molar-refractivity contribution in [2.75, 3.05) is 24.0 Å². The van der Waals surface area contributed by atoms with E-state index in [4.69, 9.17) is 9.84 Å². The standard InChI is InChI=1S/C29H28N4O3S2/c1-19-26-27(28(35)30-17-20-10-7-8-15-24(20)36-2)32(22-13-9-14-23(16-22)37-3)25(34)18-38-29(26)33(31-19)21-11-5-4-6-12-21/h4-16,27H,17-18H2,1-3H3,(H,30,35)/t27-/m1/s1.